The van der Waals surface area contributed by atoms with Crippen molar-refractivity contribution in [3.63, 3.8) is 0 Å². The Labute approximate surface area is 196 Å². The van der Waals surface area contributed by atoms with Gasteiger partial charge in [-0.1, -0.05) is 30.3 Å². The Morgan fingerprint density at radius 2 is 1.65 bits per heavy atom. The van der Waals surface area contributed by atoms with Crippen molar-refractivity contribution >= 4 is 23.5 Å². The summed E-state index contributed by atoms with van der Waals surface area (Å²) in [5, 5.41) is 2.74. The maximum Gasteiger partial charge on any atom is 0.340 e. The number of hydrogen-bond acceptors (Lipinski definition) is 7. The molecule has 0 aliphatic carbocycles. The number of rotatable bonds is 6. The van der Waals surface area contributed by atoms with Crippen molar-refractivity contribution in [1.82, 2.24) is 0 Å². The number of ether oxygens (including phenoxy) is 4. The second-order valence-electron chi connectivity index (χ2n) is 7.58. The molecule has 0 unspecified atom stereocenters. The second-order valence-corrected chi connectivity index (χ2v) is 7.58. The van der Waals surface area contributed by atoms with Crippen molar-refractivity contribution in [1.29, 1.82) is 0 Å². The summed E-state index contributed by atoms with van der Waals surface area (Å²) in [6, 6.07) is 17.1. The van der Waals surface area contributed by atoms with Gasteiger partial charge in [0.15, 0.2) is 11.5 Å². The molecular formula is C26H23NO7. The van der Waals surface area contributed by atoms with Crippen molar-refractivity contribution in [3.05, 3.63) is 88.5 Å². The Bertz CT molecular complexity index is 1250. The molecule has 0 spiro atoms. The van der Waals surface area contributed by atoms with Gasteiger partial charge < -0.3 is 24.3 Å². The van der Waals surface area contributed by atoms with Crippen molar-refractivity contribution in [3.8, 4) is 11.5 Å². The highest BCUT2D eigenvalue weighted by atomic mass is 16.5. The number of cyclic esters (lactones) is 1. The molecule has 174 valence electrons. The molecule has 4 rings (SSSR count). The van der Waals surface area contributed by atoms with Gasteiger partial charge in [-0.15, -0.1) is 0 Å². The average molecular weight is 461 g/mol. The second kappa shape index (κ2) is 9.66. The van der Waals surface area contributed by atoms with Crippen molar-refractivity contribution in [2.75, 3.05) is 26.6 Å². The van der Waals surface area contributed by atoms with Gasteiger partial charge in [0.1, 0.15) is 6.10 Å². The number of anilines is 1. The first-order chi connectivity index (χ1) is 16.4. The number of methoxy groups -OCH3 is 3. The van der Waals surface area contributed by atoms with E-state index >= 15 is 0 Å². The predicted octanol–water partition coefficient (Wildman–Crippen LogP) is 4.20. The third-order valence-electron chi connectivity index (χ3n) is 5.59. The van der Waals surface area contributed by atoms with Gasteiger partial charge in [-0.05, 0) is 29.3 Å². The Hall–Kier alpha value is -4.33. The van der Waals surface area contributed by atoms with Crippen LogP contribution < -0.4 is 14.8 Å². The van der Waals surface area contributed by atoms with Crippen LogP contribution in [-0.2, 0) is 15.9 Å². The lowest BCUT2D eigenvalue weighted by Gasteiger charge is -2.25. The van der Waals surface area contributed by atoms with E-state index in [4.69, 9.17) is 18.9 Å². The molecule has 1 aliphatic heterocycles. The Kier molecular flexibility index (Phi) is 6.49. The molecule has 8 nitrogen and oxygen atoms in total. The van der Waals surface area contributed by atoms with Gasteiger partial charge in [-0.2, -0.15) is 0 Å². The SMILES string of the molecule is COC(=O)c1cc(OC)c(OC)cc1NC(=O)c1ccc2c(c1)C[C@H](c1ccccc1)OC2=O. The summed E-state index contributed by atoms with van der Waals surface area (Å²) in [5.41, 5.74) is 2.64. The molecular weight excluding hydrogens is 438 g/mol. The average Bonchev–Trinajstić information content (AvgIpc) is 2.87. The highest BCUT2D eigenvalue weighted by Crippen LogP contribution is 2.35. The zero-order chi connectivity index (χ0) is 24.2. The van der Waals surface area contributed by atoms with Crippen LogP contribution in [0.15, 0.2) is 60.7 Å². The molecule has 0 bridgehead atoms. The maximum atomic E-state index is 13.1. The third kappa shape index (κ3) is 4.43. The molecule has 1 amide bonds. The van der Waals surface area contributed by atoms with Crippen LogP contribution in [0.5, 0.6) is 11.5 Å². The van der Waals surface area contributed by atoms with Crippen LogP contribution in [0.25, 0.3) is 0 Å². The molecule has 1 atom stereocenters. The van der Waals surface area contributed by atoms with Gasteiger partial charge in [0.05, 0.1) is 38.1 Å². The van der Waals surface area contributed by atoms with Crippen LogP contribution >= 0.6 is 0 Å². The Balaban J connectivity index is 1.64. The maximum absolute atomic E-state index is 13.1. The van der Waals surface area contributed by atoms with Gasteiger partial charge in [0.25, 0.3) is 5.91 Å². The molecule has 1 heterocycles. The first-order valence-corrected chi connectivity index (χ1v) is 10.5. The lowest BCUT2D eigenvalue weighted by atomic mass is 9.93. The van der Waals surface area contributed by atoms with E-state index in [0.29, 0.717) is 34.6 Å². The van der Waals surface area contributed by atoms with E-state index in [9.17, 15) is 14.4 Å². The van der Waals surface area contributed by atoms with E-state index in [0.717, 1.165) is 5.56 Å². The number of nitrogens with one attached hydrogen (secondary N) is 1. The van der Waals surface area contributed by atoms with E-state index in [2.05, 4.69) is 5.32 Å². The van der Waals surface area contributed by atoms with Crippen molar-refractivity contribution < 1.29 is 33.3 Å². The monoisotopic (exact) mass is 461 g/mol. The van der Waals surface area contributed by atoms with Gasteiger partial charge in [-0.25, -0.2) is 9.59 Å². The predicted molar refractivity (Wildman–Crippen MR) is 124 cm³/mol. The fraction of sp³-hybridized carbons (Fsp3) is 0.192. The van der Waals surface area contributed by atoms with Crippen LogP contribution in [0.4, 0.5) is 5.69 Å². The lowest BCUT2D eigenvalue weighted by molar-refractivity contribution is 0.0252. The summed E-state index contributed by atoms with van der Waals surface area (Å²) >= 11 is 0. The molecule has 3 aromatic rings. The molecule has 8 heteroatoms. The molecule has 3 aromatic carbocycles. The minimum absolute atomic E-state index is 0.110. The van der Waals surface area contributed by atoms with Crippen LogP contribution in [0, 0.1) is 0 Å². The molecule has 0 saturated carbocycles. The third-order valence-corrected chi connectivity index (χ3v) is 5.59. The Morgan fingerprint density at radius 3 is 2.32 bits per heavy atom. The topological polar surface area (TPSA) is 100 Å². The summed E-state index contributed by atoms with van der Waals surface area (Å²) < 4.78 is 21.0. The molecule has 0 radical (unpaired) electrons. The summed E-state index contributed by atoms with van der Waals surface area (Å²) in [6.07, 6.45) is 0.00646. The first kappa shape index (κ1) is 22.8. The zero-order valence-electron chi connectivity index (χ0n) is 18.9. The standard InChI is InChI=1S/C26H23NO7/c1-31-22-13-19(25(29)33-3)20(14-23(22)32-2)27-24(28)16-9-10-18-17(11-16)12-21(34-26(18)30)15-7-5-4-6-8-15/h4-11,13-14,21H,12H2,1-3H3,(H,27,28)/t21-/m1/s1. The number of amides is 1. The quantitative estimate of drug-likeness (QED) is 0.549. The highest BCUT2D eigenvalue weighted by Gasteiger charge is 2.28. The van der Waals surface area contributed by atoms with Crippen LogP contribution in [0.3, 0.4) is 0 Å². The summed E-state index contributed by atoms with van der Waals surface area (Å²) in [4.78, 5) is 37.9. The Morgan fingerprint density at radius 1 is 0.941 bits per heavy atom. The number of esters is 2. The molecule has 0 fully saturated rings. The van der Waals surface area contributed by atoms with E-state index in [-0.39, 0.29) is 11.3 Å². The van der Waals surface area contributed by atoms with Gasteiger partial charge in [-0.3, -0.25) is 4.79 Å². The first-order valence-electron chi connectivity index (χ1n) is 10.5. The van der Waals surface area contributed by atoms with E-state index in [1.807, 2.05) is 30.3 Å². The summed E-state index contributed by atoms with van der Waals surface area (Å²) in [6.45, 7) is 0. The minimum Gasteiger partial charge on any atom is -0.493 e. The number of hydrogen-bond donors (Lipinski definition) is 1. The number of carbonyl (C=O) groups excluding carboxylic acids is 3. The van der Waals surface area contributed by atoms with Crippen molar-refractivity contribution in [2.24, 2.45) is 0 Å². The molecule has 1 N–H and O–H groups in total. The van der Waals surface area contributed by atoms with Crippen molar-refractivity contribution in [2.45, 2.75) is 12.5 Å². The number of benzene rings is 3. The van der Waals surface area contributed by atoms with Gasteiger partial charge in [0, 0.05) is 24.1 Å². The largest absolute Gasteiger partial charge is 0.493 e. The molecule has 0 saturated heterocycles. The fourth-order valence-corrected chi connectivity index (χ4v) is 3.85. The van der Waals surface area contributed by atoms with E-state index in [1.54, 1.807) is 12.1 Å². The molecule has 1 aliphatic rings. The zero-order valence-corrected chi connectivity index (χ0v) is 18.9. The van der Waals surface area contributed by atoms with Crippen LogP contribution in [0.1, 0.15) is 48.3 Å². The fourth-order valence-electron chi connectivity index (χ4n) is 3.85. The van der Waals surface area contributed by atoms with Crippen LogP contribution in [0.2, 0.25) is 0 Å². The number of fused-ring (bicyclic) bond motifs is 1. The van der Waals surface area contributed by atoms with E-state index in [1.165, 1.54) is 39.5 Å². The molecule has 0 aromatic heterocycles. The van der Waals surface area contributed by atoms with Gasteiger partial charge in [0.2, 0.25) is 0 Å². The number of carbonyl (C=O) groups is 3. The van der Waals surface area contributed by atoms with E-state index < -0.39 is 23.9 Å². The minimum atomic E-state index is -0.643. The normalized spacial score (nSPS) is 14.4. The summed E-state index contributed by atoms with van der Waals surface area (Å²) in [7, 11) is 4.14. The summed E-state index contributed by atoms with van der Waals surface area (Å²) in [5.74, 6) is -0.884. The smallest absolute Gasteiger partial charge is 0.340 e. The van der Waals surface area contributed by atoms with Crippen LogP contribution in [-0.4, -0.2) is 39.2 Å². The van der Waals surface area contributed by atoms with Gasteiger partial charge >= 0.3 is 11.9 Å². The highest BCUT2D eigenvalue weighted by molar-refractivity contribution is 6.09. The molecule has 34 heavy (non-hydrogen) atoms. The lowest BCUT2D eigenvalue weighted by Crippen LogP contribution is -2.23.